The van der Waals surface area contributed by atoms with Crippen molar-refractivity contribution < 1.29 is 13.2 Å². The average Bonchev–Trinajstić information content (AvgIpc) is 2.25. The molecule has 0 spiro atoms. The highest BCUT2D eigenvalue weighted by molar-refractivity contribution is 5.70. The van der Waals surface area contributed by atoms with Crippen molar-refractivity contribution in [2.24, 2.45) is 0 Å². The number of pyridine rings is 1. The normalized spacial score (nSPS) is 11.4. The van der Waals surface area contributed by atoms with Crippen LogP contribution in [0.5, 0.6) is 0 Å². The van der Waals surface area contributed by atoms with Crippen molar-refractivity contribution in [2.45, 2.75) is 26.1 Å². The fourth-order valence-electron chi connectivity index (χ4n) is 1.48. The van der Waals surface area contributed by atoms with Crippen LogP contribution in [0.25, 0.3) is 0 Å². The molecule has 0 amide bonds. The van der Waals surface area contributed by atoms with Gasteiger partial charge in [-0.2, -0.15) is 18.4 Å². The molecule has 1 rings (SSSR count). The van der Waals surface area contributed by atoms with Gasteiger partial charge in [0.15, 0.2) is 5.82 Å². The first-order valence-electron chi connectivity index (χ1n) is 5.24. The monoisotopic (exact) mass is 258 g/mol. The molecule has 0 fully saturated rings. The van der Waals surface area contributed by atoms with Gasteiger partial charge in [-0.15, -0.1) is 0 Å². The Morgan fingerprint density at radius 1 is 1.50 bits per heavy atom. The van der Waals surface area contributed by atoms with E-state index in [1.54, 1.807) is 13.8 Å². The molecule has 0 bridgehead atoms. The third-order valence-electron chi connectivity index (χ3n) is 2.33. The molecule has 0 atom stereocenters. The zero-order chi connectivity index (χ0) is 13.9. The quantitative estimate of drug-likeness (QED) is 0.903. The smallest absolute Gasteiger partial charge is 0.395 e. The summed E-state index contributed by atoms with van der Waals surface area (Å²) in [7, 11) is 0. The van der Waals surface area contributed by atoms with Crippen LogP contribution in [0.3, 0.4) is 0 Å². The van der Waals surface area contributed by atoms with E-state index >= 15 is 0 Å². The van der Waals surface area contributed by atoms with Gasteiger partial charge in [0.25, 0.3) is 0 Å². The van der Waals surface area contributed by atoms with Crippen LogP contribution in [-0.2, 0) is 0 Å². The highest BCUT2D eigenvalue weighted by Gasteiger charge is 2.33. The molecular weight excluding hydrogens is 245 g/mol. The number of aromatic nitrogens is 1. The lowest BCUT2D eigenvalue weighted by atomic mass is 10.2. The maximum absolute atomic E-state index is 12.5. The summed E-state index contributed by atoms with van der Waals surface area (Å²) >= 11 is 0. The zero-order valence-corrected chi connectivity index (χ0v) is 9.99. The molecule has 0 unspecified atom stereocenters. The zero-order valence-electron chi connectivity index (χ0n) is 9.99. The standard InChI is InChI=1S/C11H13F3N4/c1-7(2)18(6-11(12,13)14)10-9(16)8(5-15)3-4-17-10/h3-4,7H,6,16H2,1-2H3. The Hall–Kier alpha value is -1.97. The van der Waals surface area contributed by atoms with Crippen LogP contribution < -0.4 is 10.6 Å². The number of hydrogen-bond donors (Lipinski definition) is 1. The second kappa shape index (κ2) is 5.12. The number of nitrogens with zero attached hydrogens (tertiary/aromatic N) is 3. The van der Waals surface area contributed by atoms with Gasteiger partial charge in [0.1, 0.15) is 12.6 Å². The molecule has 0 aromatic carbocycles. The summed E-state index contributed by atoms with van der Waals surface area (Å²) in [5.74, 6) is -0.0126. The maximum Gasteiger partial charge on any atom is 0.405 e. The van der Waals surface area contributed by atoms with Crippen molar-refractivity contribution in [1.82, 2.24) is 4.98 Å². The number of halogens is 3. The Bertz CT molecular complexity index is 462. The fourth-order valence-corrected chi connectivity index (χ4v) is 1.48. The van der Waals surface area contributed by atoms with Crippen LogP contribution >= 0.6 is 0 Å². The Balaban J connectivity index is 3.19. The first-order chi connectivity index (χ1) is 8.26. The van der Waals surface area contributed by atoms with E-state index in [1.165, 1.54) is 12.3 Å². The summed E-state index contributed by atoms with van der Waals surface area (Å²) < 4.78 is 37.5. The van der Waals surface area contributed by atoms with E-state index in [2.05, 4.69) is 4.98 Å². The average molecular weight is 258 g/mol. The van der Waals surface area contributed by atoms with Crippen molar-refractivity contribution in [2.75, 3.05) is 17.2 Å². The minimum Gasteiger partial charge on any atom is -0.395 e. The molecule has 0 saturated carbocycles. The van der Waals surface area contributed by atoms with Crippen molar-refractivity contribution in [1.29, 1.82) is 5.26 Å². The van der Waals surface area contributed by atoms with Crippen molar-refractivity contribution in [3.05, 3.63) is 17.8 Å². The molecule has 0 aliphatic carbocycles. The predicted octanol–water partition coefficient (Wildman–Crippen LogP) is 2.31. The Morgan fingerprint density at radius 3 is 2.56 bits per heavy atom. The van der Waals surface area contributed by atoms with Crippen LogP contribution in [0.2, 0.25) is 0 Å². The van der Waals surface area contributed by atoms with E-state index in [4.69, 9.17) is 11.0 Å². The van der Waals surface area contributed by atoms with Gasteiger partial charge >= 0.3 is 6.18 Å². The molecule has 0 aliphatic rings. The van der Waals surface area contributed by atoms with Crippen LogP contribution in [0.4, 0.5) is 24.7 Å². The van der Waals surface area contributed by atoms with Crippen molar-refractivity contribution in [3.63, 3.8) is 0 Å². The number of nitrogens with two attached hydrogens (primary N) is 1. The van der Waals surface area contributed by atoms with Gasteiger partial charge in [0.2, 0.25) is 0 Å². The maximum atomic E-state index is 12.5. The molecule has 0 radical (unpaired) electrons. The van der Waals surface area contributed by atoms with Gasteiger partial charge in [0.05, 0.1) is 11.3 Å². The van der Waals surface area contributed by atoms with E-state index in [-0.39, 0.29) is 17.1 Å². The minimum atomic E-state index is -4.36. The number of rotatable bonds is 3. The third kappa shape index (κ3) is 3.26. The Morgan fingerprint density at radius 2 is 2.11 bits per heavy atom. The number of alkyl halides is 3. The topological polar surface area (TPSA) is 65.9 Å². The lowest BCUT2D eigenvalue weighted by Gasteiger charge is -2.29. The van der Waals surface area contributed by atoms with E-state index in [9.17, 15) is 13.2 Å². The summed E-state index contributed by atoms with van der Waals surface area (Å²) in [6.45, 7) is 2.05. The lowest BCUT2D eigenvalue weighted by molar-refractivity contribution is -0.120. The largest absolute Gasteiger partial charge is 0.405 e. The first kappa shape index (κ1) is 14.1. The molecular formula is C11H13F3N4. The Kier molecular flexibility index (Phi) is 4.01. The summed E-state index contributed by atoms with van der Waals surface area (Å²) in [6, 6.07) is 2.75. The minimum absolute atomic E-state index is 0.0126. The molecule has 18 heavy (non-hydrogen) atoms. The molecule has 1 aromatic heterocycles. The van der Waals surface area contributed by atoms with E-state index in [0.29, 0.717) is 0 Å². The molecule has 1 heterocycles. The molecule has 7 heteroatoms. The summed E-state index contributed by atoms with van der Waals surface area (Å²) in [5, 5.41) is 8.80. The van der Waals surface area contributed by atoms with Gasteiger partial charge in [0, 0.05) is 12.2 Å². The first-order valence-corrected chi connectivity index (χ1v) is 5.24. The number of nitriles is 1. The third-order valence-corrected chi connectivity index (χ3v) is 2.33. The SMILES string of the molecule is CC(C)N(CC(F)(F)F)c1nccc(C#N)c1N. The van der Waals surface area contributed by atoms with Crippen molar-refractivity contribution in [3.8, 4) is 6.07 Å². The van der Waals surface area contributed by atoms with E-state index in [1.807, 2.05) is 6.07 Å². The highest BCUT2D eigenvalue weighted by Crippen LogP contribution is 2.28. The predicted molar refractivity (Wildman–Crippen MR) is 61.9 cm³/mol. The summed E-state index contributed by atoms with van der Waals surface area (Å²) in [6.07, 6.45) is -3.09. The molecule has 4 nitrogen and oxygen atoms in total. The molecule has 0 saturated heterocycles. The van der Waals surface area contributed by atoms with Crippen molar-refractivity contribution >= 4 is 11.5 Å². The number of nitrogen functional groups attached to an aromatic ring is 1. The van der Waals surface area contributed by atoms with Gasteiger partial charge in [-0.25, -0.2) is 4.98 Å². The Labute approximate surface area is 103 Å². The summed E-state index contributed by atoms with van der Waals surface area (Å²) in [5.41, 5.74) is 5.75. The molecule has 2 N–H and O–H groups in total. The second-order valence-electron chi connectivity index (χ2n) is 4.04. The highest BCUT2D eigenvalue weighted by atomic mass is 19.4. The molecule has 98 valence electrons. The second-order valence-corrected chi connectivity index (χ2v) is 4.04. The van der Waals surface area contributed by atoms with Crippen LogP contribution in [0.1, 0.15) is 19.4 Å². The van der Waals surface area contributed by atoms with Crippen LogP contribution in [0.15, 0.2) is 12.3 Å². The van der Waals surface area contributed by atoms with E-state index in [0.717, 1.165) is 4.90 Å². The van der Waals surface area contributed by atoms with Crippen LogP contribution in [0, 0.1) is 11.3 Å². The van der Waals surface area contributed by atoms with Gasteiger partial charge in [-0.05, 0) is 19.9 Å². The summed E-state index contributed by atoms with van der Waals surface area (Å²) in [4.78, 5) is 4.87. The van der Waals surface area contributed by atoms with E-state index < -0.39 is 18.8 Å². The van der Waals surface area contributed by atoms with Gasteiger partial charge in [-0.3, -0.25) is 0 Å². The lowest BCUT2D eigenvalue weighted by Crippen LogP contribution is -2.40. The molecule has 0 aliphatic heterocycles. The van der Waals surface area contributed by atoms with Crippen LogP contribution in [-0.4, -0.2) is 23.7 Å². The molecule has 1 aromatic rings. The fraction of sp³-hybridized carbons (Fsp3) is 0.455. The van der Waals surface area contributed by atoms with Gasteiger partial charge < -0.3 is 10.6 Å². The van der Waals surface area contributed by atoms with Gasteiger partial charge in [-0.1, -0.05) is 0 Å². The number of hydrogen-bond acceptors (Lipinski definition) is 4. The number of anilines is 2.